The number of carboxylic acid groups (broad SMARTS) is 2. The van der Waals surface area contributed by atoms with Crippen molar-refractivity contribution < 1.29 is 108 Å². The largest absolute Gasteiger partial charge is 1.00 e. The number of allylic oxidation sites excluding steroid dienone is 22. The van der Waals surface area contributed by atoms with Crippen LogP contribution in [0.2, 0.25) is 0 Å². The first-order valence-electron chi connectivity index (χ1n) is 23.4. The molecule has 0 saturated carbocycles. The third-order valence-corrected chi connectivity index (χ3v) is 9.01. The number of carboxylic acids is 2. The second-order valence-corrected chi connectivity index (χ2v) is 15.0. The average Bonchev–Trinajstić information content (AvgIpc) is 3.28. The second kappa shape index (κ2) is 55.6. The molecule has 0 aliphatic heterocycles. The zero-order valence-corrected chi connectivity index (χ0v) is 45.4. The van der Waals surface area contributed by atoms with Crippen LogP contribution in [0.15, 0.2) is 146 Å². The number of hydrogen-bond acceptors (Lipinski definition) is 12. The Morgan fingerprint density at radius 3 is 0.926 bits per heavy atom. The Kier molecular flexibility index (Phi) is 57.7. The minimum atomic E-state index is -1.32. The Balaban J connectivity index is -0.000000585. The quantitative estimate of drug-likeness (QED) is 0.0232. The molecule has 0 unspecified atom stereocenters. The van der Waals surface area contributed by atoms with Gasteiger partial charge in [0.25, 0.3) is 0 Å². The van der Waals surface area contributed by atoms with Gasteiger partial charge in [0.2, 0.25) is 0 Å². The maximum Gasteiger partial charge on any atom is 1.00 e. The van der Waals surface area contributed by atoms with E-state index in [2.05, 4.69) is 47.6 Å². The summed E-state index contributed by atoms with van der Waals surface area (Å²) < 4.78 is 9.00. The fourth-order valence-corrected chi connectivity index (χ4v) is 5.28. The van der Waals surface area contributed by atoms with Crippen LogP contribution in [0.3, 0.4) is 0 Å². The van der Waals surface area contributed by atoms with Crippen LogP contribution in [0.25, 0.3) is 0 Å². The number of carbonyl (C=O) groups excluding carboxylic acids is 6. The third-order valence-electron chi connectivity index (χ3n) is 9.01. The summed E-state index contributed by atoms with van der Waals surface area (Å²) >= 11 is 0. The average molecular weight is 959 g/mol. The van der Waals surface area contributed by atoms with Gasteiger partial charge in [-0.05, 0) is 51.4 Å². The summed E-state index contributed by atoms with van der Waals surface area (Å²) in [6, 6.07) is -2.36. The van der Waals surface area contributed by atoms with E-state index in [0.29, 0.717) is 0 Å². The van der Waals surface area contributed by atoms with Gasteiger partial charge in [-0.15, -0.1) is 0 Å². The predicted molar refractivity (Wildman–Crippen MR) is 262 cm³/mol. The molecule has 2 atom stereocenters. The van der Waals surface area contributed by atoms with Crippen LogP contribution in [0.5, 0.6) is 0 Å². The molecule has 14 heteroatoms. The number of esters is 4. The Morgan fingerprint density at radius 2 is 0.647 bits per heavy atom. The number of ether oxygens (including phenoxy) is 2. The van der Waals surface area contributed by atoms with Crippen molar-refractivity contribution in [1.82, 2.24) is 0 Å². The molecular formula is C54H76N2Na2O10. The molecule has 0 bridgehead atoms. The molecule has 0 aliphatic rings. The molecule has 4 N–H and O–H groups in total. The normalized spacial score (nSPS) is 13.0. The molecule has 0 heterocycles. The van der Waals surface area contributed by atoms with E-state index in [9.17, 15) is 39.0 Å². The van der Waals surface area contributed by atoms with Crippen molar-refractivity contribution in [3.8, 4) is 0 Å². The number of carbonyl (C=O) groups is 6. The Labute approximate surface area is 451 Å². The zero-order chi connectivity index (χ0) is 49.1. The van der Waals surface area contributed by atoms with Crippen LogP contribution in [0.1, 0.15) is 142 Å². The van der Waals surface area contributed by atoms with Crippen molar-refractivity contribution in [2.45, 2.75) is 154 Å². The van der Waals surface area contributed by atoms with Crippen molar-refractivity contribution in [3.63, 3.8) is 0 Å². The van der Waals surface area contributed by atoms with Crippen molar-refractivity contribution in [2.75, 3.05) is 0 Å². The summed E-state index contributed by atoms with van der Waals surface area (Å²) in [4.78, 5) is 66.6. The van der Waals surface area contributed by atoms with Crippen LogP contribution in [-0.4, -0.2) is 47.9 Å². The van der Waals surface area contributed by atoms with E-state index in [4.69, 9.17) is 11.5 Å². The second-order valence-electron chi connectivity index (χ2n) is 15.0. The van der Waals surface area contributed by atoms with Gasteiger partial charge in [-0.2, -0.15) is 0 Å². The standard InChI is InChI=1S/2C27H39NO5.2Na/c2*1-2-3-4-5-6-7-8-9-10-11-12-13-14-15-16-17-18-19-20-21-26(31)33-27(32)24(28)22-23-25(29)30;;/h2*10-21,24H,2-9,22-23,28H2,1H3,(H,29,30);;/q;;2*+1/p-2/t2*24-;;/m00../s1. The number of aliphatic carboxylic acids is 2. The van der Waals surface area contributed by atoms with Crippen LogP contribution < -0.4 is 80.8 Å². The van der Waals surface area contributed by atoms with Gasteiger partial charge in [-0.25, -0.2) is 19.2 Å². The van der Waals surface area contributed by atoms with Gasteiger partial charge in [0, 0.05) is 24.1 Å². The Hall–Kier alpha value is -3.98. The Bertz CT molecular complexity index is 1590. The molecule has 68 heavy (non-hydrogen) atoms. The first-order chi connectivity index (χ1) is 31.9. The third kappa shape index (κ3) is 56.3. The summed E-state index contributed by atoms with van der Waals surface area (Å²) in [5.41, 5.74) is 10.9. The Morgan fingerprint density at radius 1 is 0.397 bits per heavy atom. The van der Waals surface area contributed by atoms with Gasteiger partial charge in [-0.1, -0.05) is 225 Å². The monoisotopic (exact) mass is 959 g/mol. The van der Waals surface area contributed by atoms with Crippen LogP contribution in [0, 0.1) is 0 Å². The maximum atomic E-state index is 11.5. The van der Waals surface area contributed by atoms with E-state index in [0.717, 1.165) is 25.0 Å². The predicted octanol–water partition coefficient (Wildman–Crippen LogP) is 2.79. The molecule has 0 aromatic carbocycles. The van der Waals surface area contributed by atoms with Gasteiger partial charge in [0.1, 0.15) is 12.1 Å². The summed E-state index contributed by atoms with van der Waals surface area (Å²) in [6.45, 7) is 4.48. The van der Waals surface area contributed by atoms with Gasteiger partial charge in [-0.3, -0.25) is 0 Å². The first kappa shape index (κ1) is 70.6. The van der Waals surface area contributed by atoms with Gasteiger partial charge >= 0.3 is 83.0 Å². The zero-order valence-electron chi connectivity index (χ0n) is 41.4. The summed E-state index contributed by atoms with van der Waals surface area (Å²) in [5, 5.41) is 20.7. The van der Waals surface area contributed by atoms with Gasteiger partial charge in [0.05, 0.1) is 0 Å². The summed E-state index contributed by atoms with van der Waals surface area (Å²) in [5.74, 6) is -6.33. The molecular weight excluding hydrogens is 883 g/mol. The molecule has 364 valence electrons. The molecule has 0 radical (unpaired) electrons. The van der Waals surface area contributed by atoms with Crippen molar-refractivity contribution >= 4 is 35.8 Å². The van der Waals surface area contributed by atoms with E-state index >= 15 is 0 Å². The van der Waals surface area contributed by atoms with Gasteiger partial charge in [0.15, 0.2) is 0 Å². The molecule has 12 nitrogen and oxygen atoms in total. The number of nitrogens with two attached hydrogens (primary N) is 2. The summed E-state index contributed by atoms with van der Waals surface area (Å²) in [7, 11) is 0. The van der Waals surface area contributed by atoms with Crippen molar-refractivity contribution in [3.05, 3.63) is 146 Å². The SMILES string of the molecule is CCCCCCCCCC=CC=CC=CC=CC=CC=CC(=O)OC(=O)[C@@H](N)CCC(=O)[O-].CCCCCCCCCC=CC=CC=CC=CC=CC=CC(=O)OC(=O)[C@@H](N)CCC(=O)[O-].[Na+].[Na+]. The first-order valence-corrected chi connectivity index (χ1v) is 23.4. The molecule has 0 rings (SSSR count). The molecule has 0 aromatic rings. The van der Waals surface area contributed by atoms with Crippen molar-refractivity contribution in [1.29, 1.82) is 0 Å². The van der Waals surface area contributed by atoms with Gasteiger partial charge < -0.3 is 40.7 Å². The molecule has 0 saturated heterocycles. The van der Waals surface area contributed by atoms with Crippen LogP contribution in [-0.2, 0) is 38.2 Å². The van der Waals surface area contributed by atoms with E-state index in [-0.39, 0.29) is 84.8 Å². The molecule has 0 aromatic heterocycles. The number of hydrogen-bond donors (Lipinski definition) is 2. The number of rotatable bonds is 36. The van der Waals surface area contributed by atoms with Crippen LogP contribution in [0.4, 0.5) is 0 Å². The number of unbranched alkanes of at least 4 members (excludes halogenated alkanes) is 14. The molecule has 0 amide bonds. The minimum Gasteiger partial charge on any atom is -0.550 e. The summed E-state index contributed by atoms with van der Waals surface area (Å²) in [6.07, 6.45) is 62.7. The van der Waals surface area contributed by atoms with E-state index < -0.39 is 47.9 Å². The van der Waals surface area contributed by atoms with Crippen molar-refractivity contribution in [2.24, 2.45) is 11.5 Å². The fourth-order valence-electron chi connectivity index (χ4n) is 5.28. The maximum absolute atomic E-state index is 11.5. The minimum absolute atomic E-state index is 0. The molecule has 0 aliphatic carbocycles. The molecule has 0 fully saturated rings. The van der Waals surface area contributed by atoms with Crippen LogP contribution >= 0.6 is 0 Å². The fraction of sp³-hybridized carbons (Fsp3) is 0.444. The van der Waals surface area contributed by atoms with E-state index in [1.54, 1.807) is 36.5 Å². The van der Waals surface area contributed by atoms with E-state index in [1.165, 1.54) is 102 Å². The van der Waals surface area contributed by atoms with E-state index in [1.807, 2.05) is 60.8 Å². The topological polar surface area (TPSA) is 219 Å². The molecule has 0 spiro atoms. The smallest absolute Gasteiger partial charge is 0.550 e.